The molecule has 0 aromatic heterocycles. The molecule has 0 N–H and O–H groups in total. The second-order valence-corrected chi connectivity index (χ2v) is 0.250. The van der Waals surface area contributed by atoms with Gasteiger partial charge in [-0.3, -0.25) is 0 Å². The van der Waals surface area contributed by atoms with Crippen molar-refractivity contribution in [2.45, 2.75) is 0 Å². The predicted molar refractivity (Wildman–Crippen MR) is 11.8 cm³/mol. The molecular formula is CCaCeO4+. The fraction of sp³-hybridized carbons (Fsp3) is 0. The molecule has 0 amide bonds. The Labute approximate surface area is 104 Å². The smallest absolute Gasteiger partial charge is 2.00 e. The molecule has 0 unspecified atom stereocenters. The zero-order chi connectivity index (χ0) is 3.58. The fourth-order valence-corrected chi connectivity index (χ4v) is 0. The van der Waals surface area contributed by atoms with E-state index in [0.717, 1.165) is 0 Å². The van der Waals surface area contributed by atoms with Crippen LogP contribution in [0.2, 0.25) is 0 Å². The summed E-state index contributed by atoms with van der Waals surface area (Å²) >= 11 is 0. The van der Waals surface area contributed by atoms with Gasteiger partial charge in [0.25, 0.3) is 0 Å². The Balaban J connectivity index is -0.0000000150. The minimum atomic E-state index is -2.33. The molecule has 4 nitrogen and oxygen atoms in total. The average molecular weight is 256 g/mol. The molecule has 0 atom stereocenters. The summed E-state index contributed by atoms with van der Waals surface area (Å²) in [7, 11) is 0. The van der Waals surface area contributed by atoms with Crippen LogP contribution in [0.5, 0.6) is 0 Å². The molecule has 33 valence electrons. The Morgan fingerprint density at radius 1 is 1.29 bits per heavy atom. The van der Waals surface area contributed by atoms with Crippen LogP contribution in [-0.4, -0.2) is 43.9 Å². The van der Waals surface area contributed by atoms with Crippen LogP contribution in [0.4, 0.5) is 4.79 Å². The van der Waals surface area contributed by atoms with Crippen molar-refractivity contribution in [3.63, 3.8) is 0 Å². The first-order valence-corrected chi connectivity index (χ1v) is 0.612. The second-order valence-electron chi connectivity index (χ2n) is 0.250. The summed E-state index contributed by atoms with van der Waals surface area (Å²) in [6.45, 7) is 0. The van der Waals surface area contributed by atoms with E-state index < -0.39 is 6.16 Å². The van der Waals surface area contributed by atoms with Gasteiger partial charge < -0.3 is 20.5 Å². The van der Waals surface area contributed by atoms with Gasteiger partial charge >= 0.3 is 79.5 Å². The zero-order valence-electron chi connectivity index (χ0n) is 3.34. The van der Waals surface area contributed by atoms with Gasteiger partial charge in [0.2, 0.25) is 0 Å². The summed E-state index contributed by atoms with van der Waals surface area (Å²) in [6, 6.07) is 0. The molecule has 0 fully saturated rings. The zero-order valence-corrected chi connectivity index (χ0v) is 8.69. The van der Waals surface area contributed by atoms with E-state index in [2.05, 4.69) is 0 Å². The van der Waals surface area contributed by atoms with Crippen LogP contribution in [0.25, 0.3) is 0 Å². The number of carbonyl (C=O) groups is 1. The molecule has 0 aromatic carbocycles. The molecule has 0 rings (SSSR count). The maximum atomic E-state index is 8.33. The van der Waals surface area contributed by atoms with Gasteiger partial charge in [-0.1, -0.05) is 0 Å². The average Bonchev–Trinajstić information content (AvgIpc) is 0.811. The van der Waals surface area contributed by atoms with Crippen molar-refractivity contribution in [3.8, 4) is 0 Å². The third kappa shape index (κ3) is 77.7. The van der Waals surface area contributed by atoms with Crippen LogP contribution in [0, 0.1) is 41.7 Å². The quantitative estimate of drug-likeness (QED) is 0.434. The van der Waals surface area contributed by atoms with Gasteiger partial charge in [-0.25, -0.2) is 0 Å². The SMILES string of the molecule is O=C([O-])[O-].[Ca+2].[Ce+3].[O-2]. The standard InChI is InChI=1S/CH2O3.Ca.Ce.O/c2-1(3)4;;;/h(H2,2,3,4);;;/q;+2;+3;-2/p-2. The summed E-state index contributed by atoms with van der Waals surface area (Å²) in [5.41, 5.74) is 0. The summed E-state index contributed by atoms with van der Waals surface area (Å²) < 4.78 is 0. The van der Waals surface area contributed by atoms with E-state index in [4.69, 9.17) is 15.0 Å². The van der Waals surface area contributed by atoms with Crippen molar-refractivity contribution < 1.29 is 62.2 Å². The van der Waals surface area contributed by atoms with Crippen molar-refractivity contribution >= 4 is 43.9 Å². The molecule has 0 bridgehead atoms. The van der Waals surface area contributed by atoms with Crippen molar-refractivity contribution in [2.24, 2.45) is 0 Å². The summed E-state index contributed by atoms with van der Waals surface area (Å²) in [5, 5.41) is 16.7. The van der Waals surface area contributed by atoms with Gasteiger partial charge in [-0.15, -0.1) is 0 Å². The van der Waals surface area contributed by atoms with Crippen LogP contribution >= 0.6 is 0 Å². The number of hydrogen-bond acceptors (Lipinski definition) is 3. The van der Waals surface area contributed by atoms with Crippen LogP contribution in [-0.2, 0) is 5.48 Å². The van der Waals surface area contributed by atoms with Crippen molar-refractivity contribution in [2.75, 3.05) is 0 Å². The summed E-state index contributed by atoms with van der Waals surface area (Å²) in [4.78, 5) is 8.33. The largest absolute Gasteiger partial charge is 3.00 e. The Hall–Kier alpha value is 1.87. The Morgan fingerprint density at radius 3 is 1.29 bits per heavy atom. The molecule has 0 aromatic rings. The van der Waals surface area contributed by atoms with E-state index in [0.29, 0.717) is 0 Å². The maximum absolute atomic E-state index is 8.33. The summed E-state index contributed by atoms with van der Waals surface area (Å²) in [5.74, 6) is 0. The Kier molecular flexibility index (Phi) is 51.8. The van der Waals surface area contributed by atoms with E-state index in [1.807, 2.05) is 0 Å². The Bertz CT molecular complexity index is 34.7. The van der Waals surface area contributed by atoms with E-state index in [9.17, 15) is 0 Å². The van der Waals surface area contributed by atoms with Crippen molar-refractivity contribution in [3.05, 3.63) is 0 Å². The van der Waals surface area contributed by atoms with E-state index >= 15 is 0 Å². The molecule has 7 heavy (non-hydrogen) atoms. The van der Waals surface area contributed by atoms with Crippen molar-refractivity contribution in [1.29, 1.82) is 0 Å². The normalized spacial score (nSPS) is 3.43. The van der Waals surface area contributed by atoms with Crippen molar-refractivity contribution in [1.82, 2.24) is 0 Å². The van der Waals surface area contributed by atoms with Gasteiger partial charge in [-0.05, 0) is 6.16 Å². The molecular weight excluding hydrogens is 256 g/mol. The summed E-state index contributed by atoms with van der Waals surface area (Å²) in [6.07, 6.45) is -2.33. The molecule has 1 radical (unpaired) electrons. The molecule has 0 aliphatic carbocycles. The van der Waals surface area contributed by atoms with E-state index in [-0.39, 0.29) is 85.0 Å². The van der Waals surface area contributed by atoms with Crippen LogP contribution in [0.1, 0.15) is 0 Å². The first-order chi connectivity index (χ1) is 1.73. The van der Waals surface area contributed by atoms with Gasteiger partial charge in [0.1, 0.15) is 0 Å². The number of hydrogen-bond donors (Lipinski definition) is 0. The molecule has 0 saturated heterocycles. The maximum Gasteiger partial charge on any atom is 3.00 e. The first-order valence-electron chi connectivity index (χ1n) is 0.612. The first kappa shape index (κ1) is 23.2. The predicted octanol–water partition coefficient (Wildman–Crippen LogP) is -2.95. The van der Waals surface area contributed by atoms with Gasteiger partial charge in [-0.2, -0.15) is 0 Å². The molecule has 6 heteroatoms. The minimum absolute atomic E-state index is 0. The van der Waals surface area contributed by atoms with Gasteiger partial charge in [0, 0.05) is 0 Å². The molecule has 0 saturated carbocycles. The fourth-order valence-electron chi connectivity index (χ4n) is 0. The van der Waals surface area contributed by atoms with E-state index in [1.165, 1.54) is 0 Å². The number of rotatable bonds is 0. The molecule has 0 aliphatic heterocycles. The van der Waals surface area contributed by atoms with Gasteiger partial charge in [0.05, 0.1) is 0 Å². The topological polar surface area (TPSA) is 91.7 Å². The van der Waals surface area contributed by atoms with E-state index in [1.54, 1.807) is 0 Å². The third-order valence-electron chi connectivity index (χ3n) is 0. The molecule has 0 spiro atoms. The van der Waals surface area contributed by atoms with Crippen LogP contribution < -0.4 is 10.2 Å². The van der Waals surface area contributed by atoms with Crippen LogP contribution in [0.15, 0.2) is 0 Å². The monoisotopic (exact) mass is 256 g/mol. The minimum Gasteiger partial charge on any atom is -2.00 e. The van der Waals surface area contributed by atoms with Crippen LogP contribution in [0.3, 0.4) is 0 Å². The molecule has 0 aliphatic rings. The second kappa shape index (κ2) is 15.7. The number of carboxylic acid groups (broad SMARTS) is 2. The number of carbonyl (C=O) groups excluding carboxylic acids is 1. The van der Waals surface area contributed by atoms with Gasteiger partial charge in [0.15, 0.2) is 0 Å². The third-order valence-corrected chi connectivity index (χ3v) is 0. The Morgan fingerprint density at radius 2 is 1.29 bits per heavy atom. The molecule has 0 heterocycles.